The highest BCUT2D eigenvalue weighted by Crippen LogP contribution is 2.29. The summed E-state index contributed by atoms with van der Waals surface area (Å²) in [4.78, 5) is 10.9. The zero-order valence-electron chi connectivity index (χ0n) is 9.43. The van der Waals surface area contributed by atoms with Crippen LogP contribution in [0.2, 0.25) is 0 Å². The summed E-state index contributed by atoms with van der Waals surface area (Å²) in [6.07, 6.45) is 1.02. The fourth-order valence-electron chi connectivity index (χ4n) is 2.04. The maximum atomic E-state index is 5.75. The van der Waals surface area contributed by atoms with E-state index >= 15 is 0 Å². The number of nitrogens with two attached hydrogens (primary N) is 1. The lowest BCUT2D eigenvalue weighted by molar-refractivity contribution is 0.152. The Morgan fingerprint density at radius 2 is 2.24 bits per heavy atom. The van der Waals surface area contributed by atoms with Crippen LogP contribution < -0.4 is 10.6 Å². The molecule has 1 fully saturated rings. The van der Waals surface area contributed by atoms with Crippen molar-refractivity contribution in [2.24, 2.45) is 0 Å². The van der Waals surface area contributed by atoms with Crippen LogP contribution in [0.5, 0.6) is 0 Å². The Labute approximate surface area is 103 Å². The zero-order chi connectivity index (χ0) is 11.7. The fraction of sp³-hybridized carbons (Fsp3) is 0.455. The van der Waals surface area contributed by atoms with Gasteiger partial charge in [0.15, 0.2) is 5.82 Å². The number of hydrogen-bond donors (Lipinski definition) is 1. The molecule has 5 nitrogen and oxygen atoms in total. The van der Waals surface area contributed by atoms with E-state index < -0.39 is 0 Å². The van der Waals surface area contributed by atoms with Gasteiger partial charge in [-0.05, 0) is 17.9 Å². The second-order valence-corrected chi connectivity index (χ2v) is 4.91. The summed E-state index contributed by atoms with van der Waals surface area (Å²) in [5, 5.41) is 2.02. The van der Waals surface area contributed by atoms with Crippen molar-refractivity contribution in [3.63, 3.8) is 0 Å². The molecule has 0 aromatic carbocycles. The molecule has 1 aliphatic heterocycles. The van der Waals surface area contributed by atoms with E-state index in [1.165, 1.54) is 0 Å². The van der Waals surface area contributed by atoms with Gasteiger partial charge in [-0.25, -0.2) is 4.98 Å². The predicted octanol–water partition coefficient (Wildman–Crippen LogP) is 1.50. The molecule has 90 valence electrons. The Morgan fingerprint density at radius 1 is 1.29 bits per heavy atom. The number of hydrogen-bond acceptors (Lipinski definition) is 6. The molecule has 3 heterocycles. The van der Waals surface area contributed by atoms with Gasteiger partial charge in [0.05, 0.1) is 16.8 Å². The largest absolute Gasteiger partial charge is 0.380 e. The Balaban J connectivity index is 2.05. The first kappa shape index (κ1) is 10.7. The van der Waals surface area contributed by atoms with E-state index in [-0.39, 0.29) is 0 Å². The van der Waals surface area contributed by atoms with Crippen molar-refractivity contribution >= 4 is 33.3 Å². The van der Waals surface area contributed by atoms with Crippen LogP contribution in [0.4, 0.5) is 11.8 Å². The van der Waals surface area contributed by atoms with Crippen molar-refractivity contribution < 1.29 is 4.74 Å². The molecule has 2 aromatic rings. The van der Waals surface area contributed by atoms with Crippen molar-refractivity contribution in [3.8, 4) is 0 Å². The quantitative estimate of drug-likeness (QED) is 0.831. The number of nitrogen functional groups attached to an aromatic ring is 1. The molecule has 0 atom stereocenters. The summed E-state index contributed by atoms with van der Waals surface area (Å²) in [6.45, 7) is 3.40. The number of fused-ring (bicyclic) bond motifs is 1. The minimum Gasteiger partial charge on any atom is -0.380 e. The summed E-state index contributed by atoms with van der Waals surface area (Å²) in [5.41, 5.74) is 6.69. The highest BCUT2D eigenvalue weighted by molar-refractivity contribution is 7.17. The molecule has 2 aromatic heterocycles. The lowest BCUT2D eigenvalue weighted by Gasteiger charge is -2.21. The third-order valence-corrected chi connectivity index (χ3v) is 3.72. The van der Waals surface area contributed by atoms with Gasteiger partial charge >= 0.3 is 0 Å². The number of anilines is 2. The minimum atomic E-state index is 0.344. The van der Waals surface area contributed by atoms with Crippen molar-refractivity contribution in [1.82, 2.24) is 9.97 Å². The molecule has 6 heteroatoms. The van der Waals surface area contributed by atoms with Crippen LogP contribution in [0.25, 0.3) is 10.2 Å². The van der Waals surface area contributed by atoms with Gasteiger partial charge in [-0.3, -0.25) is 0 Å². The van der Waals surface area contributed by atoms with Crippen LogP contribution >= 0.6 is 11.3 Å². The number of ether oxygens (including phenoxy) is 1. The molecule has 0 saturated carbocycles. The van der Waals surface area contributed by atoms with Gasteiger partial charge in [-0.2, -0.15) is 4.98 Å². The average molecular weight is 250 g/mol. The van der Waals surface area contributed by atoms with E-state index in [0.717, 1.165) is 48.8 Å². The molecule has 0 radical (unpaired) electrons. The second-order valence-electron chi connectivity index (χ2n) is 3.99. The van der Waals surface area contributed by atoms with Gasteiger partial charge in [0.25, 0.3) is 0 Å². The Morgan fingerprint density at radius 3 is 3.18 bits per heavy atom. The van der Waals surface area contributed by atoms with Crippen molar-refractivity contribution in [1.29, 1.82) is 0 Å². The van der Waals surface area contributed by atoms with Crippen LogP contribution in [0.15, 0.2) is 11.4 Å². The first-order chi connectivity index (χ1) is 8.34. The number of thiophene rings is 1. The average Bonchev–Trinajstić information content (AvgIpc) is 2.62. The molecule has 3 rings (SSSR count). The van der Waals surface area contributed by atoms with E-state index in [0.29, 0.717) is 5.95 Å². The molecular weight excluding hydrogens is 236 g/mol. The van der Waals surface area contributed by atoms with E-state index in [1.54, 1.807) is 11.3 Å². The molecule has 0 amide bonds. The Hall–Kier alpha value is -1.40. The third-order valence-electron chi connectivity index (χ3n) is 2.82. The molecule has 1 saturated heterocycles. The number of nitrogens with zero attached hydrogens (tertiary/aromatic N) is 3. The second kappa shape index (κ2) is 4.46. The van der Waals surface area contributed by atoms with Crippen LogP contribution in [-0.4, -0.2) is 36.3 Å². The minimum absolute atomic E-state index is 0.344. The molecular formula is C11H14N4OS. The summed E-state index contributed by atoms with van der Waals surface area (Å²) in [6, 6.07) is 1.98. The van der Waals surface area contributed by atoms with E-state index in [9.17, 15) is 0 Å². The van der Waals surface area contributed by atoms with Gasteiger partial charge < -0.3 is 15.4 Å². The van der Waals surface area contributed by atoms with Gasteiger partial charge in [0, 0.05) is 19.7 Å². The molecule has 2 N–H and O–H groups in total. The van der Waals surface area contributed by atoms with E-state index in [4.69, 9.17) is 10.5 Å². The number of rotatable bonds is 1. The fourth-order valence-corrected chi connectivity index (χ4v) is 2.89. The monoisotopic (exact) mass is 250 g/mol. The summed E-state index contributed by atoms with van der Waals surface area (Å²) in [7, 11) is 0. The van der Waals surface area contributed by atoms with Crippen molar-refractivity contribution in [2.45, 2.75) is 6.42 Å². The SMILES string of the molecule is Nc1nc(N2CCCOCC2)c2sccc2n1. The van der Waals surface area contributed by atoms with Crippen molar-refractivity contribution in [2.75, 3.05) is 36.9 Å². The normalized spacial score (nSPS) is 17.3. The Bertz CT molecular complexity index is 519. The van der Waals surface area contributed by atoms with Gasteiger partial charge in [-0.1, -0.05) is 0 Å². The van der Waals surface area contributed by atoms with Gasteiger partial charge in [-0.15, -0.1) is 11.3 Å². The molecule has 0 bridgehead atoms. The third kappa shape index (κ3) is 2.05. The first-order valence-corrected chi connectivity index (χ1v) is 6.56. The molecule has 0 aliphatic carbocycles. The molecule has 1 aliphatic rings. The van der Waals surface area contributed by atoms with Gasteiger partial charge in [0.1, 0.15) is 0 Å². The standard InChI is InChI=1S/C11H14N4OS/c12-11-13-8-2-7-17-9(8)10(14-11)15-3-1-5-16-6-4-15/h2,7H,1,3-6H2,(H2,12,13,14). The van der Waals surface area contributed by atoms with E-state index in [2.05, 4.69) is 14.9 Å². The summed E-state index contributed by atoms with van der Waals surface area (Å²) >= 11 is 1.66. The van der Waals surface area contributed by atoms with Crippen LogP contribution in [0, 0.1) is 0 Å². The highest BCUT2D eigenvalue weighted by atomic mass is 32.1. The van der Waals surface area contributed by atoms with Crippen LogP contribution in [-0.2, 0) is 4.74 Å². The number of aromatic nitrogens is 2. The summed E-state index contributed by atoms with van der Waals surface area (Å²) < 4.78 is 6.57. The zero-order valence-corrected chi connectivity index (χ0v) is 10.2. The predicted molar refractivity (Wildman–Crippen MR) is 69.5 cm³/mol. The molecule has 0 unspecified atom stereocenters. The highest BCUT2D eigenvalue weighted by Gasteiger charge is 2.16. The smallest absolute Gasteiger partial charge is 0.222 e. The molecule has 0 spiro atoms. The van der Waals surface area contributed by atoms with Gasteiger partial charge in [0.2, 0.25) is 5.95 Å². The summed E-state index contributed by atoms with van der Waals surface area (Å²) in [5.74, 6) is 1.30. The van der Waals surface area contributed by atoms with Crippen molar-refractivity contribution in [3.05, 3.63) is 11.4 Å². The first-order valence-electron chi connectivity index (χ1n) is 5.68. The maximum Gasteiger partial charge on any atom is 0.222 e. The molecule has 17 heavy (non-hydrogen) atoms. The lowest BCUT2D eigenvalue weighted by atomic mass is 10.3. The maximum absolute atomic E-state index is 5.75. The van der Waals surface area contributed by atoms with E-state index in [1.807, 2.05) is 11.4 Å². The Kier molecular flexibility index (Phi) is 2.82. The topological polar surface area (TPSA) is 64.3 Å². The van der Waals surface area contributed by atoms with Crippen LogP contribution in [0.1, 0.15) is 6.42 Å². The van der Waals surface area contributed by atoms with Crippen LogP contribution in [0.3, 0.4) is 0 Å². The lowest BCUT2D eigenvalue weighted by Crippen LogP contribution is -2.27.